The van der Waals surface area contributed by atoms with Crippen LogP contribution in [0.15, 0.2) is 61.2 Å². The summed E-state index contributed by atoms with van der Waals surface area (Å²) in [6.07, 6.45) is 4.73. The zero-order valence-electron chi connectivity index (χ0n) is 18.6. The fraction of sp³-hybridized carbons (Fsp3) is 0.375. The van der Waals surface area contributed by atoms with Crippen molar-refractivity contribution >= 4 is 6.09 Å². The van der Waals surface area contributed by atoms with Crippen LogP contribution in [0.3, 0.4) is 0 Å². The number of hydrogen-bond acceptors (Lipinski definition) is 6. The molecule has 1 aliphatic heterocycles. The molecule has 2 heterocycles. The summed E-state index contributed by atoms with van der Waals surface area (Å²) in [5, 5.41) is 4.11. The fourth-order valence-corrected chi connectivity index (χ4v) is 3.51. The number of amides is 1. The van der Waals surface area contributed by atoms with E-state index in [1.807, 2.05) is 69.3 Å². The van der Waals surface area contributed by atoms with Crippen molar-refractivity contribution in [2.75, 3.05) is 13.2 Å². The van der Waals surface area contributed by atoms with E-state index in [2.05, 4.69) is 10.1 Å². The lowest BCUT2D eigenvalue weighted by Gasteiger charge is -2.28. The van der Waals surface area contributed by atoms with Gasteiger partial charge in [-0.2, -0.15) is 5.10 Å². The lowest BCUT2D eigenvalue weighted by atomic mass is 10.2. The molecular formula is C24H28N4O4. The van der Waals surface area contributed by atoms with Gasteiger partial charge >= 0.3 is 6.09 Å². The Balaban J connectivity index is 1.30. The smallest absolute Gasteiger partial charge is 0.410 e. The van der Waals surface area contributed by atoms with Crippen LogP contribution in [-0.4, -0.2) is 50.6 Å². The van der Waals surface area contributed by atoms with Gasteiger partial charge in [-0.25, -0.2) is 14.5 Å². The summed E-state index contributed by atoms with van der Waals surface area (Å²) in [6.45, 7) is 6.76. The van der Waals surface area contributed by atoms with Gasteiger partial charge in [0.2, 0.25) is 0 Å². The van der Waals surface area contributed by atoms with E-state index in [0.717, 1.165) is 30.0 Å². The molecule has 1 unspecified atom stereocenters. The topological polar surface area (TPSA) is 78.7 Å². The van der Waals surface area contributed by atoms with Gasteiger partial charge in [0.1, 0.15) is 42.1 Å². The molecule has 2 aromatic carbocycles. The largest absolute Gasteiger partial charge is 0.491 e. The first-order valence-corrected chi connectivity index (χ1v) is 10.7. The summed E-state index contributed by atoms with van der Waals surface area (Å²) in [6, 6.07) is 15.1. The third-order valence-corrected chi connectivity index (χ3v) is 5.03. The minimum absolute atomic E-state index is 0.0178. The van der Waals surface area contributed by atoms with Crippen LogP contribution in [0.2, 0.25) is 0 Å². The first kappa shape index (κ1) is 21.7. The van der Waals surface area contributed by atoms with Crippen LogP contribution in [0.5, 0.6) is 17.2 Å². The molecule has 4 rings (SSSR count). The van der Waals surface area contributed by atoms with Gasteiger partial charge in [-0.1, -0.05) is 0 Å². The van der Waals surface area contributed by atoms with Gasteiger partial charge in [0, 0.05) is 6.54 Å². The number of nitrogens with zero attached hydrogens (tertiary/aromatic N) is 4. The van der Waals surface area contributed by atoms with Crippen LogP contribution < -0.4 is 9.47 Å². The average molecular weight is 437 g/mol. The normalized spacial score (nSPS) is 16.1. The molecule has 0 N–H and O–H groups in total. The molecule has 1 aliphatic rings. The van der Waals surface area contributed by atoms with Gasteiger partial charge in [-0.3, -0.25) is 0 Å². The number of hydrogen-bond donors (Lipinski definition) is 0. The van der Waals surface area contributed by atoms with Gasteiger partial charge in [0.15, 0.2) is 0 Å². The number of carbonyl (C=O) groups is 1. The number of benzene rings is 2. The van der Waals surface area contributed by atoms with E-state index in [1.54, 1.807) is 15.9 Å². The van der Waals surface area contributed by atoms with Crippen LogP contribution >= 0.6 is 0 Å². The van der Waals surface area contributed by atoms with Crippen molar-refractivity contribution in [1.82, 2.24) is 19.7 Å². The van der Waals surface area contributed by atoms with Crippen molar-refractivity contribution in [2.45, 2.75) is 45.3 Å². The maximum absolute atomic E-state index is 12.4. The van der Waals surface area contributed by atoms with Crippen molar-refractivity contribution < 1.29 is 19.0 Å². The highest BCUT2D eigenvalue weighted by molar-refractivity contribution is 5.69. The Kier molecular flexibility index (Phi) is 6.30. The van der Waals surface area contributed by atoms with Gasteiger partial charge in [-0.15, -0.1) is 0 Å². The number of likely N-dealkylation sites (tertiary alicyclic amines) is 1. The molecule has 1 atom stereocenters. The third-order valence-electron chi connectivity index (χ3n) is 5.03. The Morgan fingerprint density at radius 1 is 1.03 bits per heavy atom. The summed E-state index contributed by atoms with van der Waals surface area (Å²) in [5.74, 6) is 2.17. The molecule has 32 heavy (non-hydrogen) atoms. The van der Waals surface area contributed by atoms with Gasteiger partial charge < -0.3 is 19.1 Å². The summed E-state index contributed by atoms with van der Waals surface area (Å²) >= 11 is 0. The minimum atomic E-state index is -0.502. The number of rotatable bonds is 6. The van der Waals surface area contributed by atoms with E-state index in [4.69, 9.17) is 14.2 Å². The lowest BCUT2D eigenvalue weighted by molar-refractivity contribution is 0.0187. The monoisotopic (exact) mass is 436 g/mol. The third kappa shape index (κ3) is 5.57. The Morgan fingerprint density at radius 3 is 2.31 bits per heavy atom. The van der Waals surface area contributed by atoms with Crippen molar-refractivity contribution in [1.29, 1.82) is 0 Å². The molecule has 0 aliphatic carbocycles. The van der Waals surface area contributed by atoms with Crippen molar-refractivity contribution in [3.63, 3.8) is 0 Å². The second-order valence-electron chi connectivity index (χ2n) is 8.69. The number of ether oxygens (including phenoxy) is 3. The molecule has 0 saturated carbocycles. The summed E-state index contributed by atoms with van der Waals surface area (Å²) in [7, 11) is 0. The van der Waals surface area contributed by atoms with Gasteiger partial charge in [-0.05, 0) is 82.1 Å². The quantitative estimate of drug-likeness (QED) is 0.550. The maximum atomic E-state index is 12.4. The predicted octanol–water partition coefficient (Wildman–Crippen LogP) is 4.84. The van der Waals surface area contributed by atoms with Crippen molar-refractivity contribution in [3.05, 3.63) is 61.2 Å². The van der Waals surface area contributed by atoms with Gasteiger partial charge in [0.25, 0.3) is 0 Å². The minimum Gasteiger partial charge on any atom is -0.491 e. The molecule has 8 heteroatoms. The highest BCUT2D eigenvalue weighted by Gasteiger charge is 2.32. The second-order valence-corrected chi connectivity index (χ2v) is 8.69. The van der Waals surface area contributed by atoms with Crippen LogP contribution in [0.25, 0.3) is 5.69 Å². The Morgan fingerprint density at radius 2 is 1.69 bits per heavy atom. The summed E-state index contributed by atoms with van der Waals surface area (Å²) in [5.41, 5.74) is 0.406. The average Bonchev–Trinajstić information content (AvgIpc) is 3.45. The van der Waals surface area contributed by atoms with Crippen molar-refractivity contribution in [2.24, 2.45) is 0 Å². The molecule has 1 aromatic heterocycles. The number of carbonyl (C=O) groups excluding carboxylic acids is 1. The first-order chi connectivity index (χ1) is 15.4. The summed E-state index contributed by atoms with van der Waals surface area (Å²) in [4.78, 5) is 18.1. The van der Waals surface area contributed by atoms with E-state index >= 15 is 0 Å². The molecule has 1 fully saturated rings. The summed E-state index contributed by atoms with van der Waals surface area (Å²) < 4.78 is 19.0. The van der Waals surface area contributed by atoms with Crippen LogP contribution in [-0.2, 0) is 4.74 Å². The van der Waals surface area contributed by atoms with E-state index in [9.17, 15) is 4.79 Å². The predicted molar refractivity (Wildman–Crippen MR) is 119 cm³/mol. The molecule has 168 valence electrons. The zero-order chi connectivity index (χ0) is 22.6. The molecule has 1 saturated heterocycles. The van der Waals surface area contributed by atoms with E-state index < -0.39 is 5.60 Å². The molecule has 0 bridgehead atoms. The maximum Gasteiger partial charge on any atom is 0.410 e. The highest BCUT2D eigenvalue weighted by atomic mass is 16.6. The Hall–Kier alpha value is -3.55. The lowest BCUT2D eigenvalue weighted by Crippen LogP contribution is -2.42. The Labute approximate surface area is 187 Å². The molecule has 0 radical (unpaired) electrons. The first-order valence-electron chi connectivity index (χ1n) is 10.7. The van der Waals surface area contributed by atoms with E-state index in [0.29, 0.717) is 18.9 Å². The molecular weight excluding hydrogens is 408 g/mol. The van der Waals surface area contributed by atoms with Crippen LogP contribution in [0, 0.1) is 0 Å². The molecule has 1 amide bonds. The highest BCUT2D eigenvalue weighted by Crippen LogP contribution is 2.26. The van der Waals surface area contributed by atoms with Gasteiger partial charge in [0.05, 0.1) is 11.7 Å². The SMILES string of the molecule is CC(C)(C)OC(=O)N1CCCC1COc1ccc(Oc2ccc(-n3cncn3)cc2)cc1. The van der Waals surface area contributed by atoms with E-state index in [1.165, 1.54) is 6.33 Å². The standard InChI is InChI=1S/C24H28N4O4/c1-24(2,3)32-23(29)27-14-4-5-19(27)15-30-20-10-12-22(13-11-20)31-21-8-6-18(7-9-21)28-17-25-16-26-28/h6-13,16-17,19H,4-5,14-15H2,1-3H3. The fourth-order valence-electron chi connectivity index (χ4n) is 3.51. The van der Waals surface area contributed by atoms with Crippen molar-refractivity contribution in [3.8, 4) is 22.9 Å². The second kappa shape index (κ2) is 9.30. The van der Waals surface area contributed by atoms with Crippen LogP contribution in [0.1, 0.15) is 33.6 Å². The Bertz CT molecular complexity index is 1010. The molecule has 3 aromatic rings. The van der Waals surface area contributed by atoms with E-state index in [-0.39, 0.29) is 12.1 Å². The molecule has 8 nitrogen and oxygen atoms in total. The molecule has 0 spiro atoms. The van der Waals surface area contributed by atoms with Crippen LogP contribution in [0.4, 0.5) is 4.79 Å². The number of aromatic nitrogens is 3. The zero-order valence-corrected chi connectivity index (χ0v) is 18.6.